The maximum Gasteiger partial charge on any atom is 0.204 e. The van der Waals surface area contributed by atoms with Crippen LogP contribution in [0.15, 0.2) is 48.7 Å². The van der Waals surface area contributed by atoms with Gasteiger partial charge in [0.1, 0.15) is 5.69 Å². The van der Waals surface area contributed by atoms with Crippen LogP contribution < -0.4 is 9.47 Å². The summed E-state index contributed by atoms with van der Waals surface area (Å²) in [4.78, 5) is 16.0. The van der Waals surface area contributed by atoms with Crippen LogP contribution >= 0.6 is 0 Å². The van der Waals surface area contributed by atoms with Gasteiger partial charge in [-0.2, -0.15) is 0 Å². The van der Waals surface area contributed by atoms with E-state index in [1.165, 1.54) is 6.08 Å². The average molecular weight is 283 g/mol. The predicted molar refractivity (Wildman–Crippen MR) is 81.8 cm³/mol. The van der Waals surface area contributed by atoms with Gasteiger partial charge in [0, 0.05) is 11.8 Å². The molecular weight excluding hydrogens is 266 g/mol. The van der Waals surface area contributed by atoms with Gasteiger partial charge in [0.15, 0.2) is 11.5 Å². The van der Waals surface area contributed by atoms with Crippen molar-refractivity contribution in [2.24, 2.45) is 0 Å². The van der Waals surface area contributed by atoms with Crippen molar-refractivity contribution in [3.05, 3.63) is 59.9 Å². The van der Waals surface area contributed by atoms with Crippen molar-refractivity contribution >= 4 is 11.9 Å². The third-order valence-corrected chi connectivity index (χ3v) is 2.85. The minimum absolute atomic E-state index is 0.152. The van der Waals surface area contributed by atoms with E-state index >= 15 is 0 Å². The zero-order valence-corrected chi connectivity index (χ0v) is 12.1. The minimum atomic E-state index is -0.152. The van der Waals surface area contributed by atoms with E-state index in [9.17, 15) is 4.79 Å². The summed E-state index contributed by atoms with van der Waals surface area (Å²) in [6.07, 6.45) is 4.79. The average Bonchev–Trinajstić information content (AvgIpc) is 2.54. The number of hydrogen-bond acceptors (Lipinski definition) is 4. The van der Waals surface area contributed by atoms with Crippen LogP contribution in [0.1, 0.15) is 23.0 Å². The second-order valence-electron chi connectivity index (χ2n) is 4.22. The van der Waals surface area contributed by atoms with Gasteiger partial charge in [-0.15, -0.1) is 0 Å². The quantitative estimate of drug-likeness (QED) is 0.602. The fraction of sp³-hybridized carbons (Fsp3) is 0.176. The summed E-state index contributed by atoms with van der Waals surface area (Å²) in [5, 5.41) is 0. The Bertz CT molecular complexity index is 636. The highest BCUT2D eigenvalue weighted by Gasteiger charge is 2.09. The van der Waals surface area contributed by atoms with E-state index in [-0.39, 0.29) is 5.78 Å². The molecule has 1 heterocycles. The first kappa shape index (κ1) is 14.8. The molecule has 0 aliphatic heterocycles. The summed E-state index contributed by atoms with van der Waals surface area (Å²) in [7, 11) is 1.59. The van der Waals surface area contributed by atoms with Crippen LogP contribution in [0.2, 0.25) is 0 Å². The van der Waals surface area contributed by atoms with Gasteiger partial charge in [0.2, 0.25) is 5.78 Å². The molecule has 1 aromatic heterocycles. The number of para-hydroxylation sites is 1. The molecule has 4 heteroatoms. The number of allylic oxidation sites excluding steroid dienone is 1. The van der Waals surface area contributed by atoms with Crippen LogP contribution in [0, 0.1) is 0 Å². The third-order valence-electron chi connectivity index (χ3n) is 2.85. The van der Waals surface area contributed by atoms with E-state index in [2.05, 4.69) is 4.98 Å². The van der Waals surface area contributed by atoms with E-state index in [4.69, 9.17) is 9.47 Å². The lowest BCUT2D eigenvalue weighted by Gasteiger charge is -2.11. The molecule has 0 aliphatic rings. The van der Waals surface area contributed by atoms with Crippen molar-refractivity contribution in [3.8, 4) is 11.5 Å². The minimum Gasteiger partial charge on any atom is -0.493 e. The van der Waals surface area contributed by atoms with Gasteiger partial charge in [-0.1, -0.05) is 18.2 Å². The van der Waals surface area contributed by atoms with E-state index in [1.54, 1.807) is 37.6 Å². The van der Waals surface area contributed by atoms with Crippen LogP contribution in [0.4, 0.5) is 0 Å². The van der Waals surface area contributed by atoms with Gasteiger partial charge in [-0.25, -0.2) is 0 Å². The van der Waals surface area contributed by atoms with Gasteiger partial charge in [0.05, 0.1) is 13.7 Å². The van der Waals surface area contributed by atoms with Gasteiger partial charge in [-0.3, -0.25) is 9.78 Å². The highest BCUT2D eigenvalue weighted by Crippen LogP contribution is 2.31. The second kappa shape index (κ2) is 7.24. The van der Waals surface area contributed by atoms with Crippen LogP contribution in [-0.4, -0.2) is 24.5 Å². The number of ether oxygens (including phenoxy) is 2. The smallest absolute Gasteiger partial charge is 0.204 e. The first-order valence-electron chi connectivity index (χ1n) is 6.69. The normalized spacial score (nSPS) is 10.6. The van der Waals surface area contributed by atoms with Gasteiger partial charge in [-0.05, 0) is 37.3 Å². The molecule has 108 valence electrons. The molecule has 0 spiro atoms. The second-order valence-corrected chi connectivity index (χ2v) is 4.22. The molecule has 21 heavy (non-hydrogen) atoms. The number of carbonyl (C=O) groups is 1. The Labute approximate surface area is 124 Å². The Balaban J connectivity index is 2.26. The molecule has 4 nitrogen and oxygen atoms in total. The first-order chi connectivity index (χ1) is 10.3. The third kappa shape index (κ3) is 3.69. The molecule has 0 bridgehead atoms. The summed E-state index contributed by atoms with van der Waals surface area (Å²) in [5.74, 6) is 1.12. The number of aromatic nitrogens is 1. The molecule has 0 unspecified atom stereocenters. The number of pyridine rings is 1. The highest BCUT2D eigenvalue weighted by atomic mass is 16.5. The van der Waals surface area contributed by atoms with Crippen LogP contribution in [0.5, 0.6) is 11.5 Å². The lowest BCUT2D eigenvalue weighted by molar-refractivity contribution is 0.104. The van der Waals surface area contributed by atoms with E-state index in [0.29, 0.717) is 23.8 Å². The lowest BCUT2D eigenvalue weighted by atomic mass is 10.1. The highest BCUT2D eigenvalue weighted by molar-refractivity contribution is 6.05. The van der Waals surface area contributed by atoms with E-state index in [1.807, 2.05) is 25.1 Å². The molecule has 0 aliphatic carbocycles. The zero-order valence-electron chi connectivity index (χ0n) is 12.1. The summed E-state index contributed by atoms with van der Waals surface area (Å²) in [5.41, 5.74) is 1.20. The lowest BCUT2D eigenvalue weighted by Crippen LogP contribution is -1.99. The molecular formula is C17H17NO3. The van der Waals surface area contributed by atoms with Gasteiger partial charge < -0.3 is 9.47 Å². The standard InChI is InChI=1S/C17H17NO3/c1-3-21-17-13(7-6-9-16(17)20-2)10-11-15(19)14-8-4-5-12-18-14/h4-12H,3H2,1-2H3/b11-10+. The monoisotopic (exact) mass is 283 g/mol. The van der Waals surface area contributed by atoms with Crippen molar-refractivity contribution in [1.82, 2.24) is 4.98 Å². The van der Waals surface area contributed by atoms with Crippen molar-refractivity contribution in [2.75, 3.05) is 13.7 Å². The maximum atomic E-state index is 12.0. The zero-order chi connectivity index (χ0) is 15.1. The molecule has 0 saturated heterocycles. The topological polar surface area (TPSA) is 48.4 Å². The number of hydrogen-bond donors (Lipinski definition) is 0. The SMILES string of the molecule is CCOc1c(/C=C/C(=O)c2ccccn2)cccc1OC. The van der Waals surface area contributed by atoms with Crippen molar-refractivity contribution < 1.29 is 14.3 Å². The number of nitrogens with zero attached hydrogens (tertiary/aromatic N) is 1. The number of benzene rings is 1. The Hall–Kier alpha value is -2.62. The molecule has 0 atom stereocenters. The number of methoxy groups -OCH3 is 1. The van der Waals surface area contributed by atoms with Crippen molar-refractivity contribution in [1.29, 1.82) is 0 Å². The summed E-state index contributed by atoms with van der Waals surface area (Å²) in [6.45, 7) is 2.42. The Morgan fingerprint density at radius 3 is 2.76 bits per heavy atom. The maximum absolute atomic E-state index is 12.0. The molecule has 2 aromatic rings. The van der Waals surface area contributed by atoms with Crippen LogP contribution in [0.25, 0.3) is 6.08 Å². The fourth-order valence-electron chi connectivity index (χ4n) is 1.88. The molecule has 1 aromatic carbocycles. The molecule has 0 amide bonds. The Morgan fingerprint density at radius 2 is 2.10 bits per heavy atom. The molecule has 0 fully saturated rings. The first-order valence-corrected chi connectivity index (χ1v) is 6.69. The van der Waals surface area contributed by atoms with Crippen LogP contribution in [0.3, 0.4) is 0 Å². The van der Waals surface area contributed by atoms with E-state index in [0.717, 1.165) is 5.56 Å². The molecule has 0 saturated carbocycles. The summed E-state index contributed by atoms with van der Waals surface area (Å²) < 4.78 is 10.9. The molecule has 0 N–H and O–H groups in total. The van der Waals surface area contributed by atoms with Gasteiger partial charge in [0.25, 0.3) is 0 Å². The Kier molecular flexibility index (Phi) is 5.10. The fourth-order valence-corrected chi connectivity index (χ4v) is 1.88. The summed E-state index contributed by atoms with van der Waals surface area (Å²) >= 11 is 0. The summed E-state index contributed by atoms with van der Waals surface area (Å²) in [6, 6.07) is 10.8. The molecule has 2 rings (SSSR count). The number of rotatable bonds is 6. The number of ketones is 1. The van der Waals surface area contributed by atoms with Gasteiger partial charge >= 0.3 is 0 Å². The van der Waals surface area contributed by atoms with Crippen LogP contribution in [-0.2, 0) is 0 Å². The Morgan fingerprint density at radius 1 is 1.24 bits per heavy atom. The van der Waals surface area contributed by atoms with Crippen molar-refractivity contribution in [2.45, 2.75) is 6.92 Å². The molecule has 0 radical (unpaired) electrons. The van der Waals surface area contributed by atoms with Crippen molar-refractivity contribution in [3.63, 3.8) is 0 Å². The van der Waals surface area contributed by atoms with E-state index < -0.39 is 0 Å². The number of carbonyl (C=O) groups excluding carboxylic acids is 1. The predicted octanol–water partition coefficient (Wildman–Crippen LogP) is 3.39. The largest absolute Gasteiger partial charge is 0.493 e.